The highest BCUT2D eigenvalue weighted by atomic mass is 16.2. The maximum absolute atomic E-state index is 12.4. The van der Waals surface area contributed by atoms with Crippen LogP contribution < -0.4 is 5.32 Å². The number of hydrogen-bond donors (Lipinski definition) is 1. The Morgan fingerprint density at radius 3 is 2.46 bits per heavy atom. The highest BCUT2D eigenvalue weighted by Crippen LogP contribution is 2.49. The van der Waals surface area contributed by atoms with E-state index in [9.17, 15) is 9.59 Å². The molecule has 0 heterocycles. The monoisotopic (exact) mass is 328 g/mol. The van der Waals surface area contributed by atoms with E-state index >= 15 is 0 Å². The number of rotatable bonds is 5. The molecule has 1 aromatic rings. The van der Waals surface area contributed by atoms with Crippen LogP contribution in [0.1, 0.15) is 43.2 Å². The zero-order valence-electron chi connectivity index (χ0n) is 15.0. The molecule has 3 rings (SSSR count). The number of nitrogens with one attached hydrogen (secondary N) is 1. The normalized spacial score (nSPS) is 24.9. The van der Waals surface area contributed by atoms with Gasteiger partial charge < -0.3 is 10.2 Å². The van der Waals surface area contributed by atoms with Gasteiger partial charge in [-0.25, -0.2) is 0 Å². The summed E-state index contributed by atoms with van der Waals surface area (Å²) in [6, 6.07) is 5.94. The summed E-state index contributed by atoms with van der Waals surface area (Å²) in [7, 11) is 1.74. The summed E-state index contributed by atoms with van der Waals surface area (Å²) in [5.41, 5.74) is 2.94. The first kappa shape index (κ1) is 17.0. The number of carbonyl (C=O) groups excluding carboxylic acids is 2. The molecular weight excluding hydrogens is 300 g/mol. The van der Waals surface area contributed by atoms with Crippen molar-refractivity contribution in [2.45, 2.75) is 46.0 Å². The fourth-order valence-electron chi connectivity index (χ4n) is 4.50. The van der Waals surface area contributed by atoms with Crippen LogP contribution in [0.4, 0.5) is 5.69 Å². The third-order valence-corrected chi connectivity index (χ3v) is 5.87. The van der Waals surface area contributed by atoms with Crippen molar-refractivity contribution in [1.82, 2.24) is 4.90 Å². The van der Waals surface area contributed by atoms with Crippen molar-refractivity contribution >= 4 is 17.5 Å². The van der Waals surface area contributed by atoms with E-state index in [2.05, 4.69) is 5.32 Å². The van der Waals surface area contributed by atoms with Crippen molar-refractivity contribution < 1.29 is 9.59 Å². The van der Waals surface area contributed by atoms with Crippen LogP contribution in [0, 0.1) is 31.6 Å². The van der Waals surface area contributed by atoms with Gasteiger partial charge in [-0.1, -0.05) is 24.6 Å². The van der Waals surface area contributed by atoms with E-state index < -0.39 is 0 Å². The number of anilines is 1. The van der Waals surface area contributed by atoms with Crippen LogP contribution in [-0.4, -0.2) is 30.3 Å². The number of benzene rings is 1. The molecule has 0 saturated heterocycles. The van der Waals surface area contributed by atoms with Gasteiger partial charge >= 0.3 is 0 Å². The number of hydrogen-bond acceptors (Lipinski definition) is 2. The lowest BCUT2D eigenvalue weighted by molar-refractivity contribution is -0.134. The minimum absolute atomic E-state index is 0.101. The van der Waals surface area contributed by atoms with Crippen molar-refractivity contribution in [2.75, 3.05) is 18.9 Å². The standard InChI is InChI=1S/C20H28N2O2/c1-13-5-4-6-14(2)20(13)21-18(23)12-22(3)19(24)11-17-10-15-7-8-16(17)9-15/h4-6,15-17H,7-12H2,1-3H3,(H,21,23)/t15-,16-,17+/m0/s1. The molecule has 24 heavy (non-hydrogen) atoms. The Morgan fingerprint density at radius 2 is 1.88 bits per heavy atom. The molecule has 4 nitrogen and oxygen atoms in total. The van der Waals surface area contributed by atoms with Crippen molar-refractivity contribution in [3.8, 4) is 0 Å². The number of amides is 2. The van der Waals surface area contributed by atoms with E-state index in [0.29, 0.717) is 12.3 Å². The molecule has 130 valence electrons. The van der Waals surface area contributed by atoms with Gasteiger partial charge in [-0.3, -0.25) is 9.59 Å². The number of carbonyl (C=O) groups is 2. The topological polar surface area (TPSA) is 49.4 Å². The summed E-state index contributed by atoms with van der Waals surface area (Å²) in [4.78, 5) is 26.3. The third-order valence-electron chi connectivity index (χ3n) is 5.87. The average Bonchev–Trinajstić information content (AvgIpc) is 3.13. The minimum Gasteiger partial charge on any atom is -0.336 e. The van der Waals surface area contributed by atoms with E-state index in [0.717, 1.165) is 28.7 Å². The van der Waals surface area contributed by atoms with E-state index in [1.807, 2.05) is 32.0 Å². The van der Waals surface area contributed by atoms with Crippen molar-refractivity contribution in [3.63, 3.8) is 0 Å². The summed E-state index contributed by atoms with van der Waals surface area (Å²) in [5.74, 6) is 2.11. The van der Waals surface area contributed by atoms with E-state index in [1.54, 1.807) is 11.9 Å². The van der Waals surface area contributed by atoms with Crippen molar-refractivity contribution in [1.29, 1.82) is 0 Å². The Labute approximate surface area is 144 Å². The van der Waals surface area contributed by atoms with Crippen LogP contribution in [0.25, 0.3) is 0 Å². The van der Waals surface area contributed by atoms with Gasteiger partial charge in [0.1, 0.15) is 0 Å². The predicted molar refractivity (Wildman–Crippen MR) is 95.7 cm³/mol. The number of nitrogens with zero attached hydrogens (tertiary/aromatic N) is 1. The molecule has 0 aromatic heterocycles. The Kier molecular flexibility index (Phi) is 4.93. The van der Waals surface area contributed by atoms with Crippen LogP contribution >= 0.6 is 0 Å². The maximum Gasteiger partial charge on any atom is 0.243 e. The smallest absolute Gasteiger partial charge is 0.243 e. The molecule has 2 aliphatic carbocycles. The van der Waals surface area contributed by atoms with Gasteiger partial charge in [0.15, 0.2) is 0 Å². The van der Waals surface area contributed by atoms with Gasteiger partial charge in [0.25, 0.3) is 0 Å². The number of aryl methyl sites for hydroxylation is 2. The second kappa shape index (κ2) is 6.96. The highest BCUT2D eigenvalue weighted by Gasteiger charge is 2.40. The number of para-hydroxylation sites is 1. The summed E-state index contributed by atoms with van der Waals surface area (Å²) in [6.07, 6.45) is 5.77. The molecule has 1 aromatic carbocycles. The second-order valence-corrected chi connectivity index (χ2v) is 7.70. The molecule has 4 heteroatoms. The largest absolute Gasteiger partial charge is 0.336 e. The Hall–Kier alpha value is -1.84. The van der Waals surface area contributed by atoms with E-state index in [4.69, 9.17) is 0 Å². The molecule has 2 bridgehead atoms. The highest BCUT2D eigenvalue weighted by molar-refractivity contribution is 5.95. The first-order valence-electron chi connectivity index (χ1n) is 9.04. The van der Waals surface area contributed by atoms with Gasteiger partial charge in [-0.15, -0.1) is 0 Å². The van der Waals surface area contributed by atoms with Crippen LogP contribution in [0.5, 0.6) is 0 Å². The molecular formula is C20H28N2O2. The second-order valence-electron chi connectivity index (χ2n) is 7.70. The first-order valence-corrected chi connectivity index (χ1v) is 9.04. The fraction of sp³-hybridized carbons (Fsp3) is 0.600. The summed E-state index contributed by atoms with van der Waals surface area (Å²) >= 11 is 0. The lowest BCUT2D eigenvalue weighted by Gasteiger charge is -2.24. The predicted octanol–water partition coefficient (Wildman–Crippen LogP) is 3.53. The van der Waals surface area contributed by atoms with Crippen LogP contribution in [-0.2, 0) is 9.59 Å². The molecule has 2 fully saturated rings. The minimum atomic E-state index is -0.129. The first-order chi connectivity index (χ1) is 11.4. The molecule has 2 amide bonds. The fourth-order valence-corrected chi connectivity index (χ4v) is 4.50. The van der Waals surface area contributed by atoms with Crippen LogP contribution in [0.15, 0.2) is 18.2 Å². The quantitative estimate of drug-likeness (QED) is 0.899. The van der Waals surface area contributed by atoms with Crippen LogP contribution in [0.3, 0.4) is 0 Å². The average molecular weight is 328 g/mol. The van der Waals surface area contributed by atoms with Gasteiger partial charge in [0.05, 0.1) is 6.54 Å². The molecule has 0 unspecified atom stereocenters. The summed E-state index contributed by atoms with van der Waals surface area (Å²) in [6.45, 7) is 4.08. The molecule has 0 radical (unpaired) electrons. The number of fused-ring (bicyclic) bond motifs is 2. The lowest BCUT2D eigenvalue weighted by Crippen LogP contribution is -2.36. The number of likely N-dealkylation sites (N-methyl/N-ethyl adjacent to an activating group) is 1. The maximum atomic E-state index is 12.4. The Bertz CT molecular complexity index is 620. The van der Waals surface area contributed by atoms with Gasteiger partial charge in [0.2, 0.25) is 11.8 Å². The lowest BCUT2D eigenvalue weighted by atomic mass is 9.86. The molecule has 3 atom stereocenters. The molecule has 0 aliphatic heterocycles. The Morgan fingerprint density at radius 1 is 1.17 bits per heavy atom. The molecule has 2 aliphatic rings. The third kappa shape index (κ3) is 3.63. The molecule has 1 N–H and O–H groups in total. The summed E-state index contributed by atoms with van der Waals surface area (Å²) < 4.78 is 0. The molecule has 0 spiro atoms. The van der Waals surface area contributed by atoms with Gasteiger partial charge in [-0.05, 0) is 62.0 Å². The summed E-state index contributed by atoms with van der Waals surface area (Å²) in [5, 5.41) is 2.95. The van der Waals surface area contributed by atoms with Crippen LogP contribution in [0.2, 0.25) is 0 Å². The molecule has 2 saturated carbocycles. The van der Waals surface area contributed by atoms with Gasteiger partial charge in [-0.2, -0.15) is 0 Å². The van der Waals surface area contributed by atoms with Gasteiger partial charge in [0, 0.05) is 19.2 Å². The zero-order chi connectivity index (χ0) is 17.3. The van der Waals surface area contributed by atoms with Crippen molar-refractivity contribution in [3.05, 3.63) is 29.3 Å². The van der Waals surface area contributed by atoms with E-state index in [-0.39, 0.29) is 18.4 Å². The Balaban J connectivity index is 1.51. The zero-order valence-corrected chi connectivity index (χ0v) is 15.0. The van der Waals surface area contributed by atoms with E-state index in [1.165, 1.54) is 25.7 Å². The van der Waals surface area contributed by atoms with Crippen molar-refractivity contribution in [2.24, 2.45) is 17.8 Å². The SMILES string of the molecule is Cc1cccc(C)c1NC(=O)CN(C)C(=O)C[C@H]1C[C@H]2CC[C@H]1C2.